The molecule has 3 rings (SSSR count). The summed E-state index contributed by atoms with van der Waals surface area (Å²) in [5, 5.41) is 0.814. The van der Waals surface area contributed by atoms with Crippen molar-refractivity contribution in [1.29, 1.82) is 0 Å². The highest BCUT2D eigenvalue weighted by Gasteiger charge is 2.12. The van der Waals surface area contributed by atoms with Gasteiger partial charge in [-0.05, 0) is 29.8 Å². The topological polar surface area (TPSA) is 45.8 Å². The van der Waals surface area contributed by atoms with E-state index in [-0.39, 0.29) is 18.0 Å². The lowest BCUT2D eigenvalue weighted by Gasteiger charge is -2.00. The van der Waals surface area contributed by atoms with Gasteiger partial charge in [0.15, 0.2) is 5.78 Å². The van der Waals surface area contributed by atoms with Gasteiger partial charge >= 0.3 is 0 Å². The molecule has 3 nitrogen and oxygen atoms in total. The normalized spacial score (nSPS) is 10.8. The highest BCUT2D eigenvalue weighted by atomic mass is 19.1. The first-order valence-electron chi connectivity index (χ1n) is 5.94. The average Bonchev–Trinajstić information content (AvgIpc) is 2.85. The van der Waals surface area contributed by atoms with Crippen LogP contribution in [-0.4, -0.2) is 15.8 Å². The van der Waals surface area contributed by atoms with E-state index in [9.17, 15) is 9.18 Å². The van der Waals surface area contributed by atoms with Crippen LogP contribution in [0.15, 0.2) is 48.8 Å². The molecule has 0 amide bonds. The van der Waals surface area contributed by atoms with Crippen LogP contribution in [0, 0.1) is 5.82 Å². The minimum atomic E-state index is -0.299. The lowest BCUT2D eigenvalue weighted by atomic mass is 10.0. The van der Waals surface area contributed by atoms with Crippen LogP contribution in [0.4, 0.5) is 4.39 Å². The zero-order valence-corrected chi connectivity index (χ0v) is 10.1. The largest absolute Gasteiger partial charge is 0.345 e. The number of aromatic nitrogens is 2. The van der Waals surface area contributed by atoms with Gasteiger partial charge in [0.1, 0.15) is 11.5 Å². The maximum absolute atomic E-state index is 12.8. The molecule has 0 saturated carbocycles. The van der Waals surface area contributed by atoms with Gasteiger partial charge in [0.2, 0.25) is 0 Å². The van der Waals surface area contributed by atoms with E-state index < -0.39 is 0 Å². The lowest BCUT2D eigenvalue weighted by molar-refractivity contribution is 0.0994. The van der Waals surface area contributed by atoms with E-state index in [1.165, 1.54) is 12.1 Å². The van der Waals surface area contributed by atoms with Crippen LogP contribution in [-0.2, 0) is 6.42 Å². The summed E-state index contributed by atoms with van der Waals surface area (Å²) >= 11 is 0. The average molecular weight is 254 g/mol. The monoisotopic (exact) mass is 254 g/mol. The molecule has 2 heterocycles. The number of carbonyl (C=O) groups excluding carboxylic acids is 1. The van der Waals surface area contributed by atoms with Gasteiger partial charge in [-0.1, -0.05) is 12.1 Å². The first kappa shape index (κ1) is 11.6. The molecule has 0 fully saturated rings. The molecule has 0 aliphatic rings. The van der Waals surface area contributed by atoms with Crippen LogP contribution in [0.25, 0.3) is 11.0 Å². The maximum Gasteiger partial charge on any atom is 0.169 e. The Balaban J connectivity index is 1.90. The van der Waals surface area contributed by atoms with Crippen molar-refractivity contribution in [2.24, 2.45) is 0 Å². The molecular formula is C15H11FN2O. The number of hydrogen-bond donors (Lipinski definition) is 1. The van der Waals surface area contributed by atoms with Gasteiger partial charge in [0.25, 0.3) is 0 Å². The molecule has 0 aliphatic heterocycles. The van der Waals surface area contributed by atoms with Crippen LogP contribution >= 0.6 is 0 Å². The number of fused-ring (bicyclic) bond motifs is 1. The standard InChI is InChI=1S/C15H11FN2O/c16-11-5-3-10(4-6-11)8-14(19)13-9-18-15-12(13)2-1-7-17-15/h1-7,9H,8H2,(H,17,18). The summed E-state index contributed by atoms with van der Waals surface area (Å²) in [5.41, 5.74) is 2.11. The summed E-state index contributed by atoms with van der Waals surface area (Å²) in [4.78, 5) is 19.4. The number of benzene rings is 1. The van der Waals surface area contributed by atoms with Gasteiger partial charge in [0, 0.05) is 29.8 Å². The predicted octanol–water partition coefficient (Wildman–Crippen LogP) is 3.13. The van der Waals surface area contributed by atoms with E-state index >= 15 is 0 Å². The highest BCUT2D eigenvalue weighted by Crippen LogP contribution is 2.18. The lowest BCUT2D eigenvalue weighted by Crippen LogP contribution is -2.02. The quantitative estimate of drug-likeness (QED) is 0.730. The number of aromatic amines is 1. The number of hydrogen-bond acceptors (Lipinski definition) is 2. The van der Waals surface area contributed by atoms with Crippen LogP contribution in [0.1, 0.15) is 15.9 Å². The van der Waals surface area contributed by atoms with E-state index in [1.54, 1.807) is 30.6 Å². The molecule has 1 N–H and O–H groups in total. The third-order valence-corrected chi connectivity index (χ3v) is 3.03. The Kier molecular flexibility index (Phi) is 2.83. The molecule has 3 aromatic rings. The molecule has 2 aromatic heterocycles. The number of pyridine rings is 1. The molecule has 0 atom stereocenters. The molecule has 0 spiro atoms. The fourth-order valence-corrected chi connectivity index (χ4v) is 2.07. The molecule has 0 radical (unpaired) electrons. The fraction of sp³-hybridized carbons (Fsp3) is 0.0667. The maximum atomic E-state index is 12.8. The van der Waals surface area contributed by atoms with Gasteiger partial charge in [-0.2, -0.15) is 0 Å². The number of halogens is 1. The van der Waals surface area contributed by atoms with Gasteiger partial charge in [-0.25, -0.2) is 9.37 Å². The molecule has 0 unspecified atom stereocenters. The second-order valence-electron chi connectivity index (χ2n) is 4.33. The van der Waals surface area contributed by atoms with Gasteiger partial charge in [0.05, 0.1) is 0 Å². The number of ketones is 1. The van der Waals surface area contributed by atoms with Crippen molar-refractivity contribution in [3.63, 3.8) is 0 Å². The molecule has 19 heavy (non-hydrogen) atoms. The van der Waals surface area contributed by atoms with E-state index in [1.807, 2.05) is 6.07 Å². The first-order chi connectivity index (χ1) is 9.24. The molecule has 0 saturated heterocycles. The van der Waals surface area contributed by atoms with E-state index in [4.69, 9.17) is 0 Å². The van der Waals surface area contributed by atoms with Crippen molar-refractivity contribution in [2.45, 2.75) is 6.42 Å². The third-order valence-electron chi connectivity index (χ3n) is 3.03. The van der Waals surface area contributed by atoms with Crippen molar-refractivity contribution in [1.82, 2.24) is 9.97 Å². The van der Waals surface area contributed by atoms with E-state index in [0.717, 1.165) is 10.9 Å². The molecule has 1 aromatic carbocycles. The Bertz CT molecular complexity index is 731. The number of nitrogens with one attached hydrogen (secondary N) is 1. The number of carbonyl (C=O) groups is 1. The summed E-state index contributed by atoms with van der Waals surface area (Å²) in [6.45, 7) is 0. The number of nitrogens with zero attached hydrogens (tertiary/aromatic N) is 1. The summed E-state index contributed by atoms with van der Waals surface area (Å²) in [6, 6.07) is 9.63. The fourth-order valence-electron chi connectivity index (χ4n) is 2.07. The molecule has 4 heteroatoms. The second-order valence-corrected chi connectivity index (χ2v) is 4.33. The van der Waals surface area contributed by atoms with Crippen LogP contribution in [0.2, 0.25) is 0 Å². The summed E-state index contributed by atoms with van der Waals surface area (Å²) < 4.78 is 12.8. The van der Waals surface area contributed by atoms with Crippen LogP contribution < -0.4 is 0 Å². The number of H-pyrrole nitrogens is 1. The smallest absolute Gasteiger partial charge is 0.169 e. The summed E-state index contributed by atoms with van der Waals surface area (Å²) in [7, 11) is 0. The zero-order chi connectivity index (χ0) is 13.2. The molecule has 0 aliphatic carbocycles. The molecule has 94 valence electrons. The Morgan fingerprint density at radius 3 is 2.79 bits per heavy atom. The third kappa shape index (κ3) is 2.25. The summed E-state index contributed by atoms with van der Waals surface area (Å²) in [6.07, 6.45) is 3.60. The minimum absolute atomic E-state index is 0.00846. The Morgan fingerprint density at radius 1 is 1.21 bits per heavy atom. The highest BCUT2D eigenvalue weighted by molar-refractivity contribution is 6.07. The number of rotatable bonds is 3. The zero-order valence-electron chi connectivity index (χ0n) is 10.1. The molecule has 0 bridgehead atoms. The second kappa shape index (κ2) is 4.65. The van der Waals surface area contributed by atoms with Gasteiger partial charge < -0.3 is 4.98 Å². The van der Waals surface area contributed by atoms with Crippen molar-refractivity contribution in [2.75, 3.05) is 0 Å². The first-order valence-corrected chi connectivity index (χ1v) is 5.94. The SMILES string of the molecule is O=C(Cc1ccc(F)cc1)c1c[nH]c2ncccc12. The Hall–Kier alpha value is -2.49. The minimum Gasteiger partial charge on any atom is -0.345 e. The van der Waals surface area contributed by atoms with Gasteiger partial charge in [-0.15, -0.1) is 0 Å². The van der Waals surface area contributed by atoms with Crippen LogP contribution in [0.5, 0.6) is 0 Å². The van der Waals surface area contributed by atoms with E-state index in [2.05, 4.69) is 9.97 Å². The van der Waals surface area contributed by atoms with Crippen molar-refractivity contribution < 1.29 is 9.18 Å². The summed E-state index contributed by atoms with van der Waals surface area (Å²) in [5.74, 6) is -0.307. The van der Waals surface area contributed by atoms with Gasteiger partial charge in [-0.3, -0.25) is 4.79 Å². The van der Waals surface area contributed by atoms with Crippen molar-refractivity contribution >= 4 is 16.8 Å². The number of Topliss-reactive ketones (excluding diaryl/α,β-unsaturated/α-hetero) is 1. The van der Waals surface area contributed by atoms with Crippen LogP contribution in [0.3, 0.4) is 0 Å². The van der Waals surface area contributed by atoms with Crippen molar-refractivity contribution in [3.05, 3.63) is 65.7 Å². The molecular weight excluding hydrogens is 243 g/mol. The van der Waals surface area contributed by atoms with E-state index in [0.29, 0.717) is 11.2 Å². The Morgan fingerprint density at radius 2 is 2.00 bits per heavy atom. The predicted molar refractivity (Wildman–Crippen MR) is 70.5 cm³/mol. The Labute approximate surface area is 109 Å². The van der Waals surface area contributed by atoms with Crippen molar-refractivity contribution in [3.8, 4) is 0 Å².